The molecule has 1 N–H and O–H groups in total. The molecular formula is C45H49ClN8O5. The van der Waals surface area contributed by atoms with Gasteiger partial charge < -0.3 is 19.6 Å². The van der Waals surface area contributed by atoms with Crippen molar-refractivity contribution >= 4 is 58.2 Å². The third kappa shape index (κ3) is 7.10. The van der Waals surface area contributed by atoms with Crippen molar-refractivity contribution in [2.24, 2.45) is 5.41 Å². The quantitative estimate of drug-likeness (QED) is 0.341. The van der Waals surface area contributed by atoms with Crippen molar-refractivity contribution in [3.63, 3.8) is 0 Å². The molecule has 3 aromatic carbocycles. The molecule has 0 bridgehead atoms. The summed E-state index contributed by atoms with van der Waals surface area (Å²) in [5, 5.41) is 12.0. The molecule has 14 heteroatoms. The van der Waals surface area contributed by atoms with Crippen LogP contribution in [-0.4, -0.2) is 121 Å². The van der Waals surface area contributed by atoms with E-state index in [0.29, 0.717) is 41.3 Å². The van der Waals surface area contributed by atoms with Gasteiger partial charge in [-0.1, -0.05) is 11.6 Å². The van der Waals surface area contributed by atoms with Gasteiger partial charge in [-0.05, 0) is 112 Å². The Bertz CT molecular complexity index is 2230. The highest BCUT2D eigenvalue weighted by Gasteiger charge is 2.47. The number of benzene rings is 3. The number of hydrogen-bond donors (Lipinski definition) is 1. The summed E-state index contributed by atoms with van der Waals surface area (Å²) in [5.74, 6) is -1.91. The first-order chi connectivity index (χ1) is 28.5. The summed E-state index contributed by atoms with van der Waals surface area (Å²) in [6.07, 6.45) is 5.45. The van der Waals surface area contributed by atoms with E-state index in [1.807, 2.05) is 41.3 Å². The molecule has 0 radical (unpaired) electrons. The van der Waals surface area contributed by atoms with Gasteiger partial charge in [0.2, 0.25) is 11.8 Å². The fourth-order valence-corrected chi connectivity index (χ4v) is 10.7. The summed E-state index contributed by atoms with van der Waals surface area (Å²) in [6.45, 7) is 9.87. The lowest BCUT2D eigenvalue weighted by molar-refractivity contribution is -0.136. The molecule has 6 heterocycles. The zero-order valence-electron chi connectivity index (χ0n) is 33.4. The van der Waals surface area contributed by atoms with Crippen molar-refractivity contribution in [1.29, 1.82) is 5.26 Å². The van der Waals surface area contributed by atoms with Crippen LogP contribution in [0, 0.1) is 16.7 Å². The van der Waals surface area contributed by atoms with Gasteiger partial charge in [-0.15, -0.1) is 0 Å². The van der Waals surface area contributed by atoms with E-state index in [1.165, 1.54) is 0 Å². The van der Waals surface area contributed by atoms with E-state index in [9.17, 15) is 29.2 Å². The Hall–Kier alpha value is -5.45. The number of nitriles is 1. The Kier molecular flexibility index (Phi) is 10.3. The number of carbonyl (C=O) groups excluding carboxylic acids is 5. The standard InChI is InChI=1S/C45H49ClN8O5/c1-29-45(16-21-53(29)35-7-4-31(28-47)38(46)27-35)14-19-50(20-15-45)32-5-2-30(3-6-32)42(57)52-24-22-51(23-25-52)33-12-17-49(18-13-33)34-8-9-36-37(26-34)44(59)54(43(36)58)39-10-11-40(55)48-41(39)56/h2-9,26-27,29,33,39H,10-25H2,1H3,(H,48,55,56)/t29-,39?/m0/s1. The van der Waals surface area contributed by atoms with Crippen molar-refractivity contribution in [2.75, 3.05) is 73.6 Å². The van der Waals surface area contributed by atoms with E-state index in [2.05, 4.69) is 50.0 Å². The van der Waals surface area contributed by atoms with Crippen molar-refractivity contribution in [1.82, 2.24) is 20.0 Å². The van der Waals surface area contributed by atoms with Gasteiger partial charge in [0.1, 0.15) is 12.1 Å². The molecule has 306 valence electrons. The molecule has 1 spiro atoms. The molecule has 13 nitrogen and oxygen atoms in total. The number of amides is 5. The highest BCUT2D eigenvalue weighted by Crippen LogP contribution is 2.47. The minimum absolute atomic E-state index is 0.0761. The first-order valence-corrected chi connectivity index (χ1v) is 21.4. The monoisotopic (exact) mass is 816 g/mol. The normalized spacial score (nSPS) is 23.8. The second-order valence-corrected chi connectivity index (χ2v) is 17.4. The number of piperazine rings is 1. The van der Waals surface area contributed by atoms with E-state index < -0.39 is 29.7 Å². The van der Waals surface area contributed by atoms with Crippen LogP contribution in [-0.2, 0) is 9.59 Å². The molecule has 5 fully saturated rings. The van der Waals surface area contributed by atoms with Crippen LogP contribution in [0.25, 0.3) is 0 Å². The van der Waals surface area contributed by atoms with Gasteiger partial charge in [0.05, 0.1) is 21.7 Å². The maximum Gasteiger partial charge on any atom is 0.262 e. The van der Waals surface area contributed by atoms with Crippen LogP contribution in [0.3, 0.4) is 0 Å². The molecule has 0 aromatic heterocycles. The Balaban J connectivity index is 0.737. The van der Waals surface area contributed by atoms with E-state index in [1.54, 1.807) is 12.1 Å². The largest absolute Gasteiger partial charge is 0.371 e. The molecule has 1 unspecified atom stereocenters. The second kappa shape index (κ2) is 15.6. The van der Waals surface area contributed by atoms with Gasteiger partial charge in [0, 0.05) is 100 Å². The molecule has 0 saturated carbocycles. The number of nitrogens with one attached hydrogen (secondary N) is 1. The molecule has 59 heavy (non-hydrogen) atoms. The molecule has 3 aromatic rings. The molecule has 0 aliphatic carbocycles. The van der Waals surface area contributed by atoms with Gasteiger partial charge in [0.15, 0.2) is 0 Å². The predicted octanol–water partition coefficient (Wildman–Crippen LogP) is 4.93. The van der Waals surface area contributed by atoms with E-state index in [4.69, 9.17) is 11.6 Å². The first kappa shape index (κ1) is 39.0. The van der Waals surface area contributed by atoms with Gasteiger partial charge >= 0.3 is 0 Å². The number of carbonyl (C=O) groups is 5. The van der Waals surface area contributed by atoms with Gasteiger partial charge in [-0.2, -0.15) is 5.26 Å². The average molecular weight is 817 g/mol. The van der Waals surface area contributed by atoms with Crippen LogP contribution >= 0.6 is 11.6 Å². The summed E-state index contributed by atoms with van der Waals surface area (Å²) in [6, 6.07) is 21.2. The minimum Gasteiger partial charge on any atom is -0.371 e. The van der Waals surface area contributed by atoms with Gasteiger partial charge in [-0.25, -0.2) is 0 Å². The molecule has 5 amide bonds. The van der Waals surface area contributed by atoms with Crippen molar-refractivity contribution in [3.05, 3.63) is 87.9 Å². The number of fused-ring (bicyclic) bond motifs is 1. The Labute approximate surface area is 349 Å². The number of piperidine rings is 3. The molecule has 5 saturated heterocycles. The Morgan fingerprint density at radius 2 is 1.39 bits per heavy atom. The third-order valence-electron chi connectivity index (χ3n) is 14.2. The number of imide groups is 2. The third-order valence-corrected chi connectivity index (χ3v) is 14.5. The van der Waals surface area contributed by atoms with Crippen molar-refractivity contribution in [2.45, 2.75) is 70.0 Å². The number of rotatable bonds is 6. The molecule has 2 atom stereocenters. The lowest BCUT2D eigenvalue weighted by atomic mass is 9.73. The zero-order valence-corrected chi connectivity index (χ0v) is 34.1. The average Bonchev–Trinajstić information content (AvgIpc) is 3.71. The van der Waals surface area contributed by atoms with E-state index >= 15 is 0 Å². The fourth-order valence-electron chi connectivity index (χ4n) is 10.5. The van der Waals surface area contributed by atoms with Crippen LogP contribution in [0.4, 0.5) is 17.1 Å². The van der Waals surface area contributed by atoms with Crippen molar-refractivity contribution in [3.8, 4) is 6.07 Å². The summed E-state index contributed by atoms with van der Waals surface area (Å²) >= 11 is 6.38. The molecule has 6 aliphatic heterocycles. The summed E-state index contributed by atoms with van der Waals surface area (Å²) in [4.78, 5) is 76.8. The first-order valence-electron chi connectivity index (χ1n) is 21.0. The second-order valence-electron chi connectivity index (χ2n) is 17.0. The van der Waals surface area contributed by atoms with Gasteiger partial charge in [-0.3, -0.25) is 39.1 Å². The lowest BCUT2D eigenvalue weighted by Crippen LogP contribution is -2.54. The molecular weight excluding hydrogens is 768 g/mol. The maximum atomic E-state index is 13.6. The molecule has 9 rings (SSSR count). The van der Waals surface area contributed by atoms with Crippen molar-refractivity contribution < 1.29 is 24.0 Å². The Morgan fingerprint density at radius 3 is 2.07 bits per heavy atom. The highest BCUT2D eigenvalue weighted by molar-refractivity contribution is 6.32. The lowest BCUT2D eigenvalue weighted by Gasteiger charge is -2.44. The topological polar surface area (TPSA) is 141 Å². The van der Waals surface area contributed by atoms with Crippen LogP contribution in [0.15, 0.2) is 60.7 Å². The summed E-state index contributed by atoms with van der Waals surface area (Å²) in [7, 11) is 0. The van der Waals surface area contributed by atoms with Crippen LogP contribution in [0.5, 0.6) is 0 Å². The molecule has 6 aliphatic rings. The van der Waals surface area contributed by atoms with E-state index in [-0.39, 0.29) is 29.7 Å². The zero-order chi connectivity index (χ0) is 41.0. The Morgan fingerprint density at radius 1 is 0.746 bits per heavy atom. The number of nitrogens with zero attached hydrogens (tertiary/aromatic N) is 7. The fraction of sp³-hybridized carbons (Fsp3) is 0.467. The summed E-state index contributed by atoms with van der Waals surface area (Å²) in [5.41, 5.74) is 5.17. The maximum absolute atomic E-state index is 13.6. The predicted molar refractivity (Wildman–Crippen MR) is 224 cm³/mol. The summed E-state index contributed by atoms with van der Waals surface area (Å²) < 4.78 is 0. The van der Waals surface area contributed by atoms with Crippen LogP contribution < -0.4 is 20.0 Å². The minimum atomic E-state index is -0.979. The smallest absolute Gasteiger partial charge is 0.262 e. The highest BCUT2D eigenvalue weighted by atomic mass is 35.5. The van der Waals surface area contributed by atoms with Gasteiger partial charge in [0.25, 0.3) is 17.7 Å². The van der Waals surface area contributed by atoms with Crippen LogP contribution in [0.2, 0.25) is 5.02 Å². The number of halogens is 1. The number of hydrogen-bond acceptors (Lipinski definition) is 10. The number of anilines is 3. The van der Waals surface area contributed by atoms with Crippen LogP contribution in [0.1, 0.15) is 88.5 Å². The van der Waals surface area contributed by atoms with E-state index in [0.717, 1.165) is 105 Å². The SMILES string of the molecule is C[C@@H]1N(c2ccc(C#N)c(Cl)c2)CCC12CCN(c1ccc(C(=O)N3CCN(C4CCN(c5ccc6c(c5)C(=O)N(C5CCC(=O)NC5=O)C6=O)CC4)CC3)cc1)CC2.